The minimum atomic E-state index is 0.760. The van der Waals surface area contributed by atoms with Gasteiger partial charge in [0.05, 0.1) is 0 Å². The predicted molar refractivity (Wildman–Crippen MR) is 82.1 cm³/mol. The molecule has 0 aliphatic carbocycles. The van der Waals surface area contributed by atoms with Crippen LogP contribution in [0.5, 0.6) is 0 Å². The molecule has 0 aromatic carbocycles. The van der Waals surface area contributed by atoms with Crippen molar-refractivity contribution in [1.29, 1.82) is 0 Å². The maximum atomic E-state index is 10.0. The highest BCUT2D eigenvalue weighted by molar-refractivity contribution is 5.48. The molecule has 2 heteroatoms. The summed E-state index contributed by atoms with van der Waals surface area (Å²) in [6.45, 7) is 2.26. The van der Waals surface area contributed by atoms with E-state index in [-0.39, 0.29) is 0 Å². The Kier molecular flexibility index (Phi) is 21.0. The van der Waals surface area contributed by atoms with E-state index in [0.717, 1.165) is 19.1 Å². The lowest BCUT2D eigenvalue weighted by molar-refractivity contribution is -0.107. The van der Waals surface area contributed by atoms with Gasteiger partial charge in [-0.2, -0.15) is 0 Å². The molecule has 0 saturated heterocycles. The van der Waals surface area contributed by atoms with Crippen LogP contribution in [0.3, 0.4) is 0 Å². The Hall–Kier alpha value is -0.370. The van der Waals surface area contributed by atoms with Gasteiger partial charge in [0.25, 0.3) is 0 Å². The Labute approximate surface area is 115 Å². The van der Waals surface area contributed by atoms with Crippen LogP contribution in [-0.2, 0) is 4.79 Å². The number of carbonyl (C=O) groups is 1. The number of hydrogen-bond donors (Lipinski definition) is 0. The van der Waals surface area contributed by atoms with Crippen LogP contribution in [0, 0.1) is 0 Å². The van der Waals surface area contributed by atoms with Crippen LogP contribution in [0.1, 0.15) is 77.6 Å². The van der Waals surface area contributed by atoms with E-state index in [2.05, 4.69) is 6.92 Å². The van der Waals surface area contributed by atoms with Crippen molar-refractivity contribution in [2.45, 2.75) is 77.6 Å². The summed E-state index contributed by atoms with van der Waals surface area (Å²) in [5.41, 5.74) is 0. The van der Waals surface area contributed by atoms with E-state index >= 15 is 0 Å². The fourth-order valence-corrected chi connectivity index (χ4v) is 1.72. The molecule has 0 bridgehead atoms. The Balaban J connectivity index is 0. The second-order valence-corrected chi connectivity index (χ2v) is 5.48. The normalized spacial score (nSPS) is 10.1. The molecule has 0 heterocycles. The number of unbranched alkanes of at least 4 members (excludes halogenated alkanes) is 10. The zero-order valence-corrected chi connectivity index (χ0v) is 13.2. The third kappa shape index (κ3) is 29.6. The monoisotopic (exact) mass is 257 g/mol. The number of rotatable bonds is 11. The van der Waals surface area contributed by atoms with Crippen LogP contribution in [0.15, 0.2) is 0 Å². The first kappa shape index (κ1) is 20.0. The molecule has 0 rings (SSSR count). The SMILES string of the molecule is CCCCCCCCCCCCC=O.CN(C)C. The summed E-state index contributed by atoms with van der Waals surface area (Å²) >= 11 is 0. The van der Waals surface area contributed by atoms with Crippen molar-refractivity contribution in [3.63, 3.8) is 0 Å². The molecule has 110 valence electrons. The van der Waals surface area contributed by atoms with Crippen LogP contribution < -0.4 is 0 Å². The van der Waals surface area contributed by atoms with E-state index in [4.69, 9.17) is 0 Å². The first-order valence-electron chi connectivity index (χ1n) is 7.69. The topological polar surface area (TPSA) is 20.3 Å². The Morgan fingerprint density at radius 2 is 1.06 bits per heavy atom. The zero-order chi connectivity index (χ0) is 14.1. The summed E-state index contributed by atoms with van der Waals surface area (Å²) in [7, 11) is 6.00. The van der Waals surface area contributed by atoms with Crippen molar-refractivity contribution in [2.24, 2.45) is 0 Å². The van der Waals surface area contributed by atoms with E-state index in [9.17, 15) is 4.79 Å². The van der Waals surface area contributed by atoms with Gasteiger partial charge in [0.2, 0.25) is 0 Å². The van der Waals surface area contributed by atoms with Crippen molar-refractivity contribution in [3.8, 4) is 0 Å². The lowest BCUT2D eigenvalue weighted by atomic mass is 10.1. The van der Waals surface area contributed by atoms with Crippen molar-refractivity contribution in [3.05, 3.63) is 0 Å². The molecule has 0 spiro atoms. The number of nitrogens with zero attached hydrogens (tertiary/aromatic N) is 1. The lowest BCUT2D eigenvalue weighted by Crippen LogP contribution is -1.99. The van der Waals surface area contributed by atoms with Crippen LogP contribution in [0.4, 0.5) is 0 Å². The van der Waals surface area contributed by atoms with E-state index < -0.39 is 0 Å². The average Bonchev–Trinajstić information content (AvgIpc) is 2.31. The highest BCUT2D eigenvalue weighted by Gasteiger charge is 1.91. The van der Waals surface area contributed by atoms with Crippen LogP contribution in [0.25, 0.3) is 0 Å². The summed E-state index contributed by atoms with van der Waals surface area (Å²) in [6.07, 6.45) is 15.2. The molecule has 0 aromatic rings. The molecule has 0 saturated carbocycles. The van der Waals surface area contributed by atoms with E-state index in [0.29, 0.717) is 0 Å². The molecule has 0 aliphatic heterocycles. The standard InChI is InChI=1S/C13H26O.C3H9N/c1-2-3-4-5-6-7-8-9-10-11-12-13-14;1-4(2)3/h13H,2-12H2,1H3;1-3H3. The first-order chi connectivity index (χ1) is 8.65. The molecule has 0 fully saturated rings. The van der Waals surface area contributed by atoms with Gasteiger partial charge >= 0.3 is 0 Å². The maximum Gasteiger partial charge on any atom is 0.119 e. The van der Waals surface area contributed by atoms with Gasteiger partial charge in [0.15, 0.2) is 0 Å². The third-order valence-electron chi connectivity index (χ3n) is 2.68. The Bertz CT molecular complexity index is 143. The van der Waals surface area contributed by atoms with Gasteiger partial charge in [-0.3, -0.25) is 0 Å². The van der Waals surface area contributed by atoms with Crippen molar-refractivity contribution < 1.29 is 4.79 Å². The van der Waals surface area contributed by atoms with Crippen molar-refractivity contribution in [2.75, 3.05) is 21.1 Å². The molecular formula is C16H35NO. The Morgan fingerprint density at radius 1 is 0.722 bits per heavy atom. The molecule has 0 unspecified atom stereocenters. The van der Waals surface area contributed by atoms with Crippen molar-refractivity contribution >= 4 is 6.29 Å². The van der Waals surface area contributed by atoms with E-state index in [1.165, 1.54) is 57.8 Å². The molecule has 2 nitrogen and oxygen atoms in total. The number of hydrogen-bond acceptors (Lipinski definition) is 2. The summed E-state index contributed by atoms with van der Waals surface area (Å²) in [6, 6.07) is 0. The minimum absolute atomic E-state index is 0.760. The summed E-state index contributed by atoms with van der Waals surface area (Å²) in [5.74, 6) is 0. The second-order valence-electron chi connectivity index (χ2n) is 5.48. The third-order valence-corrected chi connectivity index (χ3v) is 2.68. The van der Waals surface area contributed by atoms with Crippen LogP contribution in [-0.4, -0.2) is 32.3 Å². The molecule has 0 atom stereocenters. The zero-order valence-electron chi connectivity index (χ0n) is 13.2. The van der Waals surface area contributed by atoms with Crippen LogP contribution in [0.2, 0.25) is 0 Å². The van der Waals surface area contributed by atoms with Crippen LogP contribution >= 0.6 is 0 Å². The largest absolute Gasteiger partial charge is 0.312 e. The average molecular weight is 257 g/mol. The molecule has 0 aliphatic rings. The van der Waals surface area contributed by atoms with E-state index in [1.54, 1.807) is 0 Å². The predicted octanol–water partition coefficient (Wildman–Crippen LogP) is 4.67. The highest BCUT2D eigenvalue weighted by Crippen LogP contribution is 2.10. The summed E-state index contributed by atoms with van der Waals surface area (Å²) < 4.78 is 0. The Morgan fingerprint density at radius 3 is 1.39 bits per heavy atom. The van der Waals surface area contributed by atoms with Crippen molar-refractivity contribution in [1.82, 2.24) is 4.90 Å². The fourth-order valence-electron chi connectivity index (χ4n) is 1.72. The molecular weight excluding hydrogens is 222 g/mol. The summed E-state index contributed by atoms with van der Waals surface area (Å²) in [4.78, 5) is 12.0. The van der Waals surface area contributed by atoms with Gasteiger partial charge in [0, 0.05) is 6.42 Å². The lowest BCUT2D eigenvalue weighted by Gasteiger charge is -2.00. The van der Waals surface area contributed by atoms with Gasteiger partial charge in [-0.05, 0) is 27.6 Å². The van der Waals surface area contributed by atoms with Gasteiger partial charge in [-0.25, -0.2) is 0 Å². The minimum Gasteiger partial charge on any atom is -0.312 e. The molecule has 0 amide bonds. The maximum absolute atomic E-state index is 10.0. The molecule has 0 radical (unpaired) electrons. The highest BCUT2D eigenvalue weighted by atomic mass is 16.1. The van der Waals surface area contributed by atoms with Gasteiger partial charge in [0.1, 0.15) is 6.29 Å². The van der Waals surface area contributed by atoms with Gasteiger partial charge in [-0.15, -0.1) is 0 Å². The van der Waals surface area contributed by atoms with E-state index in [1.807, 2.05) is 26.0 Å². The fraction of sp³-hybridized carbons (Fsp3) is 0.938. The molecule has 0 aromatic heterocycles. The molecule has 0 N–H and O–H groups in total. The number of aldehydes is 1. The van der Waals surface area contributed by atoms with Gasteiger partial charge < -0.3 is 9.69 Å². The smallest absolute Gasteiger partial charge is 0.119 e. The number of carbonyl (C=O) groups excluding carboxylic acids is 1. The van der Waals surface area contributed by atoms with Gasteiger partial charge in [-0.1, -0.05) is 64.7 Å². The molecule has 18 heavy (non-hydrogen) atoms. The second kappa shape index (κ2) is 19.0. The summed E-state index contributed by atoms with van der Waals surface area (Å²) in [5, 5.41) is 0. The quantitative estimate of drug-likeness (QED) is 0.396. The first-order valence-corrected chi connectivity index (χ1v) is 7.69.